The van der Waals surface area contributed by atoms with E-state index in [-0.39, 0.29) is 17.9 Å². The van der Waals surface area contributed by atoms with E-state index < -0.39 is 0 Å². The summed E-state index contributed by atoms with van der Waals surface area (Å²) >= 11 is 0. The number of hydrogen-bond donors (Lipinski definition) is 1. The molecule has 3 rings (SSSR count). The highest BCUT2D eigenvalue weighted by Crippen LogP contribution is 2.15. The minimum atomic E-state index is -0.0462. The predicted molar refractivity (Wildman–Crippen MR) is 108 cm³/mol. The highest BCUT2D eigenvalue weighted by molar-refractivity contribution is 5.94. The van der Waals surface area contributed by atoms with Crippen LogP contribution in [0.25, 0.3) is 6.08 Å². The van der Waals surface area contributed by atoms with E-state index in [0.29, 0.717) is 18.7 Å². The van der Waals surface area contributed by atoms with Gasteiger partial charge in [0.2, 0.25) is 5.91 Å². The summed E-state index contributed by atoms with van der Waals surface area (Å²) in [7, 11) is 0. The van der Waals surface area contributed by atoms with Crippen LogP contribution in [0.15, 0.2) is 54.6 Å². The summed E-state index contributed by atoms with van der Waals surface area (Å²) < 4.78 is 0. The van der Waals surface area contributed by atoms with Crippen molar-refractivity contribution in [1.82, 2.24) is 10.2 Å². The zero-order valence-electron chi connectivity index (χ0n) is 15.9. The third-order valence-corrected chi connectivity index (χ3v) is 5.01. The molecular formula is C23H26N2O2. The van der Waals surface area contributed by atoms with Crippen LogP contribution in [0.1, 0.15) is 39.9 Å². The first-order valence-corrected chi connectivity index (χ1v) is 9.43. The minimum absolute atomic E-state index is 0.0304. The molecule has 0 aromatic heterocycles. The predicted octanol–water partition coefficient (Wildman–Crippen LogP) is 3.74. The molecule has 2 aromatic carbocycles. The molecule has 0 bridgehead atoms. The summed E-state index contributed by atoms with van der Waals surface area (Å²) in [6, 6.07) is 15.6. The first-order chi connectivity index (χ1) is 13.0. The van der Waals surface area contributed by atoms with Gasteiger partial charge in [-0.1, -0.05) is 42.0 Å². The monoisotopic (exact) mass is 362 g/mol. The maximum absolute atomic E-state index is 12.5. The molecule has 27 heavy (non-hydrogen) atoms. The van der Waals surface area contributed by atoms with E-state index in [0.717, 1.165) is 18.4 Å². The number of amides is 2. The first kappa shape index (κ1) is 18.9. The maximum Gasteiger partial charge on any atom is 0.251 e. The smallest absolute Gasteiger partial charge is 0.251 e. The van der Waals surface area contributed by atoms with Crippen LogP contribution in [0.3, 0.4) is 0 Å². The van der Waals surface area contributed by atoms with Gasteiger partial charge in [0, 0.05) is 30.8 Å². The highest BCUT2D eigenvalue weighted by Gasteiger charge is 2.23. The second kappa shape index (κ2) is 8.67. The summed E-state index contributed by atoms with van der Waals surface area (Å²) in [5.41, 5.74) is 4.13. The Morgan fingerprint density at radius 1 is 1.04 bits per heavy atom. The number of nitrogens with zero attached hydrogens (tertiary/aromatic N) is 1. The van der Waals surface area contributed by atoms with Crippen molar-refractivity contribution < 1.29 is 9.59 Å². The van der Waals surface area contributed by atoms with Crippen LogP contribution in [0.4, 0.5) is 0 Å². The minimum Gasteiger partial charge on any atom is -0.349 e. The van der Waals surface area contributed by atoms with E-state index in [1.807, 2.05) is 47.4 Å². The van der Waals surface area contributed by atoms with Gasteiger partial charge in [-0.05, 0) is 56.0 Å². The zero-order valence-corrected chi connectivity index (χ0v) is 15.9. The average molecular weight is 362 g/mol. The molecule has 140 valence electrons. The Morgan fingerprint density at radius 2 is 1.74 bits per heavy atom. The van der Waals surface area contributed by atoms with Gasteiger partial charge in [0.05, 0.1) is 0 Å². The molecule has 1 aliphatic rings. The van der Waals surface area contributed by atoms with Crippen molar-refractivity contribution in [2.24, 2.45) is 0 Å². The fourth-order valence-electron chi connectivity index (χ4n) is 3.38. The number of benzene rings is 2. The first-order valence-electron chi connectivity index (χ1n) is 9.43. The number of hydrogen-bond acceptors (Lipinski definition) is 2. The number of nitrogens with one attached hydrogen (secondary N) is 1. The number of rotatable bonds is 4. The van der Waals surface area contributed by atoms with Crippen molar-refractivity contribution >= 4 is 17.9 Å². The van der Waals surface area contributed by atoms with Gasteiger partial charge >= 0.3 is 0 Å². The van der Waals surface area contributed by atoms with Gasteiger partial charge in [0.1, 0.15) is 0 Å². The van der Waals surface area contributed by atoms with Crippen molar-refractivity contribution in [1.29, 1.82) is 0 Å². The quantitative estimate of drug-likeness (QED) is 0.843. The normalized spacial score (nSPS) is 15.1. The van der Waals surface area contributed by atoms with Crippen molar-refractivity contribution in [3.63, 3.8) is 0 Å². The van der Waals surface area contributed by atoms with Crippen LogP contribution in [0, 0.1) is 13.8 Å². The van der Waals surface area contributed by atoms with Crippen molar-refractivity contribution in [3.8, 4) is 0 Å². The molecule has 4 heteroatoms. The molecule has 2 aromatic rings. The molecular weight excluding hydrogens is 336 g/mol. The Bertz CT molecular complexity index is 835. The Labute approximate surface area is 160 Å². The lowest BCUT2D eigenvalue weighted by Gasteiger charge is -2.31. The third-order valence-electron chi connectivity index (χ3n) is 5.01. The second-order valence-corrected chi connectivity index (χ2v) is 7.13. The van der Waals surface area contributed by atoms with E-state index in [9.17, 15) is 9.59 Å². The van der Waals surface area contributed by atoms with Crippen LogP contribution in [0.5, 0.6) is 0 Å². The summed E-state index contributed by atoms with van der Waals surface area (Å²) in [6.45, 7) is 5.44. The number of likely N-dealkylation sites (tertiary alicyclic amines) is 1. The molecule has 0 radical (unpaired) electrons. The Morgan fingerprint density at radius 3 is 2.41 bits per heavy atom. The van der Waals surface area contributed by atoms with E-state index in [2.05, 4.69) is 31.3 Å². The zero-order chi connectivity index (χ0) is 19.2. The molecule has 0 saturated carbocycles. The van der Waals surface area contributed by atoms with Gasteiger partial charge < -0.3 is 10.2 Å². The summed E-state index contributed by atoms with van der Waals surface area (Å²) in [6.07, 6.45) is 5.10. The van der Waals surface area contributed by atoms with Crippen LogP contribution in [-0.4, -0.2) is 35.8 Å². The molecule has 1 N–H and O–H groups in total. The molecule has 0 unspecified atom stereocenters. The SMILES string of the molecule is Cc1ccc(/C=C/C(=O)N2CCC(NC(=O)c3ccccc3)CC2)c(C)c1. The van der Waals surface area contributed by atoms with Crippen LogP contribution in [-0.2, 0) is 4.79 Å². The van der Waals surface area contributed by atoms with Crippen LogP contribution >= 0.6 is 0 Å². The molecule has 2 amide bonds. The molecule has 0 spiro atoms. The average Bonchev–Trinajstić information content (AvgIpc) is 2.68. The number of piperidine rings is 1. The van der Waals surface area contributed by atoms with Crippen molar-refractivity contribution in [2.75, 3.05) is 13.1 Å². The fourth-order valence-corrected chi connectivity index (χ4v) is 3.38. The molecule has 0 atom stereocenters. The lowest BCUT2D eigenvalue weighted by molar-refractivity contribution is -0.126. The number of carbonyl (C=O) groups excluding carboxylic acids is 2. The Kier molecular flexibility index (Phi) is 6.07. The topological polar surface area (TPSA) is 49.4 Å². The van der Waals surface area contributed by atoms with Gasteiger partial charge in [0.15, 0.2) is 0 Å². The molecule has 0 aliphatic carbocycles. The van der Waals surface area contributed by atoms with Gasteiger partial charge in [-0.25, -0.2) is 0 Å². The number of carbonyl (C=O) groups is 2. The van der Waals surface area contributed by atoms with E-state index >= 15 is 0 Å². The molecule has 1 saturated heterocycles. The van der Waals surface area contributed by atoms with Gasteiger partial charge in [0.25, 0.3) is 5.91 Å². The van der Waals surface area contributed by atoms with E-state index in [4.69, 9.17) is 0 Å². The summed E-state index contributed by atoms with van der Waals surface area (Å²) in [4.78, 5) is 26.5. The molecule has 1 fully saturated rings. The second-order valence-electron chi connectivity index (χ2n) is 7.13. The maximum atomic E-state index is 12.5. The Hall–Kier alpha value is -2.88. The van der Waals surface area contributed by atoms with Gasteiger partial charge in [-0.2, -0.15) is 0 Å². The molecule has 1 heterocycles. The van der Waals surface area contributed by atoms with Crippen LogP contribution < -0.4 is 5.32 Å². The summed E-state index contributed by atoms with van der Waals surface area (Å²) in [5.74, 6) is -0.0158. The van der Waals surface area contributed by atoms with Crippen molar-refractivity contribution in [3.05, 3.63) is 76.9 Å². The number of aryl methyl sites for hydroxylation is 2. The lowest BCUT2D eigenvalue weighted by Crippen LogP contribution is -2.46. The fraction of sp³-hybridized carbons (Fsp3) is 0.304. The standard InChI is InChI=1S/C23H26N2O2/c1-17-8-9-19(18(2)16-17)10-11-22(26)25-14-12-21(13-15-25)24-23(27)20-6-4-3-5-7-20/h3-11,16,21H,12-15H2,1-2H3,(H,24,27)/b11-10+. The lowest BCUT2D eigenvalue weighted by atomic mass is 10.0. The van der Waals surface area contributed by atoms with Gasteiger partial charge in [-0.3, -0.25) is 9.59 Å². The van der Waals surface area contributed by atoms with Crippen LogP contribution in [0.2, 0.25) is 0 Å². The molecule has 4 nitrogen and oxygen atoms in total. The van der Waals surface area contributed by atoms with E-state index in [1.54, 1.807) is 6.08 Å². The largest absolute Gasteiger partial charge is 0.349 e. The third kappa shape index (κ3) is 5.07. The Balaban J connectivity index is 1.50. The highest BCUT2D eigenvalue weighted by atomic mass is 16.2. The van der Waals surface area contributed by atoms with Gasteiger partial charge in [-0.15, -0.1) is 0 Å². The summed E-state index contributed by atoms with van der Waals surface area (Å²) in [5, 5.41) is 3.07. The molecule has 1 aliphatic heterocycles. The van der Waals surface area contributed by atoms with Crippen molar-refractivity contribution in [2.45, 2.75) is 32.7 Å². The van der Waals surface area contributed by atoms with E-state index in [1.165, 1.54) is 11.1 Å².